The van der Waals surface area contributed by atoms with Crippen LogP contribution in [0.1, 0.15) is 37.0 Å². The maximum atomic E-state index is 6.01. The Labute approximate surface area is 150 Å². The maximum Gasteiger partial charge on any atom is 0.130 e. The van der Waals surface area contributed by atoms with Crippen molar-refractivity contribution in [2.75, 3.05) is 31.6 Å². The summed E-state index contributed by atoms with van der Waals surface area (Å²) in [6.45, 7) is 12.3. The fourth-order valence-corrected chi connectivity index (χ4v) is 3.26. The van der Waals surface area contributed by atoms with Gasteiger partial charge in [-0.1, -0.05) is 19.9 Å². The van der Waals surface area contributed by atoms with Crippen LogP contribution < -0.4 is 5.32 Å². The van der Waals surface area contributed by atoms with Crippen molar-refractivity contribution in [2.24, 2.45) is 5.92 Å². The zero-order valence-corrected chi connectivity index (χ0v) is 15.6. The molecule has 3 rings (SSSR count). The summed E-state index contributed by atoms with van der Waals surface area (Å²) in [5.41, 5.74) is 3.97. The van der Waals surface area contributed by atoms with E-state index in [1.54, 1.807) is 0 Å². The number of anilines is 2. The van der Waals surface area contributed by atoms with Gasteiger partial charge in [-0.3, -0.25) is 9.88 Å². The third-order valence-corrected chi connectivity index (χ3v) is 4.24. The minimum absolute atomic E-state index is 0.0263. The van der Waals surface area contributed by atoms with E-state index in [0.717, 1.165) is 54.8 Å². The summed E-state index contributed by atoms with van der Waals surface area (Å²) >= 11 is 0. The number of aryl methyl sites for hydroxylation is 2. The van der Waals surface area contributed by atoms with Crippen LogP contribution in [0.4, 0.5) is 11.5 Å². The molecule has 25 heavy (non-hydrogen) atoms. The standard InChI is InChI=1S/C20H28N4O/c1-14(2)12-24-8-9-25-19(13-24)18-11-17(10-16(4)21-18)23-20-7-5-6-15(3)22-20/h5-7,10-11,14,19H,8-9,12-13H2,1-4H3,(H,21,22,23). The summed E-state index contributed by atoms with van der Waals surface area (Å²) in [6.07, 6.45) is 0.0263. The minimum Gasteiger partial charge on any atom is -0.369 e. The van der Waals surface area contributed by atoms with Crippen molar-refractivity contribution in [3.05, 3.63) is 47.4 Å². The summed E-state index contributed by atoms with van der Waals surface area (Å²) in [7, 11) is 0. The Balaban J connectivity index is 1.77. The molecule has 0 aliphatic carbocycles. The Bertz CT molecular complexity index is 717. The van der Waals surface area contributed by atoms with Gasteiger partial charge in [0.15, 0.2) is 0 Å². The molecule has 0 saturated carbocycles. The average molecular weight is 340 g/mol. The molecule has 1 atom stereocenters. The van der Waals surface area contributed by atoms with Crippen LogP contribution in [0.5, 0.6) is 0 Å². The first-order valence-electron chi connectivity index (χ1n) is 9.03. The number of aromatic nitrogens is 2. The van der Waals surface area contributed by atoms with Crippen molar-refractivity contribution in [3.8, 4) is 0 Å². The van der Waals surface area contributed by atoms with Gasteiger partial charge in [0, 0.05) is 36.7 Å². The van der Waals surface area contributed by atoms with Gasteiger partial charge in [-0.15, -0.1) is 0 Å². The second-order valence-electron chi connectivity index (χ2n) is 7.22. The second kappa shape index (κ2) is 7.93. The largest absolute Gasteiger partial charge is 0.369 e. The van der Waals surface area contributed by atoms with E-state index < -0.39 is 0 Å². The fourth-order valence-electron chi connectivity index (χ4n) is 3.26. The predicted octanol–water partition coefficient (Wildman–Crippen LogP) is 3.87. The van der Waals surface area contributed by atoms with Crippen molar-refractivity contribution in [1.29, 1.82) is 0 Å². The molecule has 1 aliphatic rings. The van der Waals surface area contributed by atoms with E-state index >= 15 is 0 Å². The number of ether oxygens (including phenoxy) is 1. The number of morpholine rings is 1. The molecule has 1 aliphatic heterocycles. The third kappa shape index (κ3) is 5.00. The Morgan fingerprint density at radius 3 is 2.80 bits per heavy atom. The maximum absolute atomic E-state index is 6.01. The van der Waals surface area contributed by atoms with E-state index in [-0.39, 0.29) is 6.10 Å². The Morgan fingerprint density at radius 1 is 1.20 bits per heavy atom. The first-order valence-corrected chi connectivity index (χ1v) is 9.03. The van der Waals surface area contributed by atoms with Gasteiger partial charge in [0.25, 0.3) is 0 Å². The highest BCUT2D eigenvalue weighted by atomic mass is 16.5. The van der Waals surface area contributed by atoms with E-state index in [9.17, 15) is 0 Å². The molecule has 1 fully saturated rings. The highest BCUT2D eigenvalue weighted by Gasteiger charge is 2.24. The summed E-state index contributed by atoms with van der Waals surface area (Å²) in [5, 5.41) is 3.39. The van der Waals surface area contributed by atoms with Gasteiger partial charge in [0.2, 0.25) is 0 Å². The van der Waals surface area contributed by atoms with E-state index in [2.05, 4.69) is 35.1 Å². The van der Waals surface area contributed by atoms with Crippen LogP contribution in [-0.2, 0) is 4.74 Å². The number of nitrogens with one attached hydrogen (secondary N) is 1. The van der Waals surface area contributed by atoms with Crippen molar-refractivity contribution in [3.63, 3.8) is 0 Å². The van der Waals surface area contributed by atoms with Gasteiger partial charge in [-0.05, 0) is 44.0 Å². The van der Waals surface area contributed by atoms with Crippen LogP contribution in [0, 0.1) is 19.8 Å². The highest BCUT2D eigenvalue weighted by Crippen LogP contribution is 2.25. The SMILES string of the molecule is Cc1cccc(Nc2cc(C)nc(C3CN(CC(C)C)CCO3)c2)n1. The quantitative estimate of drug-likeness (QED) is 0.895. The normalized spacial score (nSPS) is 18.5. The number of nitrogens with zero attached hydrogens (tertiary/aromatic N) is 3. The molecule has 0 radical (unpaired) electrons. The molecular formula is C20H28N4O. The first-order chi connectivity index (χ1) is 12.0. The molecule has 5 nitrogen and oxygen atoms in total. The van der Waals surface area contributed by atoms with Gasteiger partial charge in [-0.2, -0.15) is 0 Å². The lowest BCUT2D eigenvalue weighted by atomic mass is 10.1. The van der Waals surface area contributed by atoms with Crippen molar-refractivity contribution >= 4 is 11.5 Å². The van der Waals surface area contributed by atoms with Gasteiger partial charge in [-0.25, -0.2) is 4.98 Å². The zero-order valence-electron chi connectivity index (χ0n) is 15.6. The molecule has 1 N–H and O–H groups in total. The van der Waals surface area contributed by atoms with Crippen LogP contribution >= 0.6 is 0 Å². The molecule has 0 aromatic carbocycles. The van der Waals surface area contributed by atoms with E-state index in [1.165, 1.54) is 0 Å². The minimum atomic E-state index is 0.0263. The average Bonchev–Trinajstić information content (AvgIpc) is 2.54. The zero-order chi connectivity index (χ0) is 17.8. The Hall–Kier alpha value is -1.98. The van der Waals surface area contributed by atoms with Gasteiger partial charge in [0.05, 0.1) is 12.3 Å². The summed E-state index contributed by atoms with van der Waals surface area (Å²) in [5.74, 6) is 1.51. The Kier molecular flexibility index (Phi) is 5.66. The lowest BCUT2D eigenvalue weighted by Crippen LogP contribution is -2.40. The summed E-state index contributed by atoms with van der Waals surface area (Å²) < 4.78 is 6.01. The van der Waals surface area contributed by atoms with Crippen molar-refractivity contribution in [1.82, 2.24) is 14.9 Å². The number of hydrogen-bond donors (Lipinski definition) is 1. The van der Waals surface area contributed by atoms with Crippen LogP contribution in [0.2, 0.25) is 0 Å². The fraction of sp³-hybridized carbons (Fsp3) is 0.500. The van der Waals surface area contributed by atoms with Crippen LogP contribution in [-0.4, -0.2) is 41.1 Å². The molecule has 0 spiro atoms. The molecule has 3 heterocycles. The van der Waals surface area contributed by atoms with Crippen molar-refractivity contribution in [2.45, 2.75) is 33.8 Å². The molecule has 0 amide bonds. The topological polar surface area (TPSA) is 50.3 Å². The lowest BCUT2D eigenvalue weighted by Gasteiger charge is -2.33. The molecule has 2 aromatic heterocycles. The Morgan fingerprint density at radius 2 is 2.04 bits per heavy atom. The van der Waals surface area contributed by atoms with Crippen LogP contribution in [0.3, 0.4) is 0 Å². The molecular weight excluding hydrogens is 312 g/mol. The van der Waals surface area contributed by atoms with Crippen LogP contribution in [0.15, 0.2) is 30.3 Å². The molecule has 134 valence electrons. The lowest BCUT2D eigenvalue weighted by molar-refractivity contribution is -0.0352. The highest BCUT2D eigenvalue weighted by molar-refractivity contribution is 5.57. The van der Waals surface area contributed by atoms with Crippen molar-refractivity contribution < 1.29 is 4.74 Å². The molecule has 0 bridgehead atoms. The number of rotatable bonds is 5. The van der Waals surface area contributed by atoms with E-state index in [1.807, 2.05) is 38.1 Å². The number of hydrogen-bond acceptors (Lipinski definition) is 5. The molecule has 5 heteroatoms. The molecule has 2 aromatic rings. The van der Waals surface area contributed by atoms with E-state index in [0.29, 0.717) is 5.92 Å². The van der Waals surface area contributed by atoms with Crippen LogP contribution in [0.25, 0.3) is 0 Å². The summed E-state index contributed by atoms with van der Waals surface area (Å²) in [6, 6.07) is 10.1. The van der Waals surface area contributed by atoms with Gasteiger partial charge in [0.1, 0.15) is 11.9 Å². The van der Waals surface area contributed by atoms with Gasteiger partial charge >= 0.3 is 0 Å². The smallest absolute Gasteiger partial charge is 0.130 e. The number of pyridine rings is 2. The summed E-state index contributed by atoms with van der Waals surface area (Å²) in [4.78, 5) is 11.7. The first kappa shape index (κ1) is 17.8. The predicted molar refractivity (Wildman–Crippen MR) is 101 cm³/mol. The monoisotopic (exact) mass is 340 g/mol. The third-order valence-electron chi connectivity index (χ3n) is 4.24. The van der Waals surface area contributed by atoms with E-state index in [4.69, 9.17) is 9.72 Å². The second-order valence-corrected chi connectivity index (χ2v) is 7.22. The molecule has 1 unspecified atom stereocenters. The molecule has 1 saturated heterocycles. The van der Waals surface area contributed by atoms with Gasteiger partial charge < -0.3 is 10.1 Å².